The molecule has 170 valence electrons. The third-order valence-electron chi connectivity index (χ3n) is 5.47. The molecule has 4 rings (SSSR count). The first-order valence-electron chi connectivity index (χ1n) is 10.6. The summed E-state index contributed by atoms with van der Waals surface area (Å²) in [4.78, 5) is 32.9. The zero-order chi connectivity index (χ0) is 23.2. The van der Waals surface area contributed by atoms with Crippen molar-refractivity contribution in [3.63, 3.8) is 0 Å². The molecule has 0 aliphatic carbocycles. The summed E-state index contributed by atoms with van der Waals surface area (Å²) < 4.78 is 5.58. The summed E-state index contributed by atoms with van der Waals surface area (Å²) in [5.41, 5.74) is 4.98. The number of nitrogens with one attached hydrogen (secondary N) is 1. The molecular formula is C23H26Cl2N4O3. The zero-order valence-electron chi connectivity index (χ0n) is 18.5. The lowest BCUT2D eigenvalue weighted by Gasteiger charge is -2.33. The molecule has 1 atom stereocenters. The Morgan fingerprint density at radius 2 is 1.97 bits per heavy atom. The molecule has 1 aromatic rings. The van der Waals surface area contributed by atoms with Crippen LogP contribution in [0.5, 0.6) is 0 Å². The molecule has 0 spiro atoms. The Morgan fingerprint density at radius 3 is 2.66 bits per heavy atom. The Kier molecular flexibility index (Phi) is 6.09. The maximum Gasteiger partial charge on any atom is 0.329 e. The van der Waals surface area contributed by atoms with E-state index in [0.717, 1.165) is 12.0 Å². The van der Waals surface area contributed by atoms with Gasteiger partial charge in [-0.05, 0) is 58.7 Å². The smallest absolute Gasteiger partial charge is 0.329 e. The van der Waals surface area contributed by atoms with E-state index in [1.165, 1.54) is 0 Å². The van der Waals surface area contributed by atoms with E-state index in [1.54, 1.807) is 29.0 Å². The maximum absolute atomic E-state index is 13.9. The maximum atomic E-state index is 13.9. The van der Waals surface area contributed by atoms with E-state index in [9.17, 15) is 9.59 Å². The third-order valence-corrected chi connectivity index (χ3v) is 6.21. The molecule has 1 fully saturated rings. The van der Waals surface area contributed by atoms with Crippen molar-refractivity contribution in [3.05, 3.63) is 51.3 Å². The Labute approximate surface area is 197 Å². The normalized spacial score (nSPS) is 20.9. The van der Waals surface area contributed by atoms with Crippen LogP contribution in [0.4, 0.5) is 0 Å². The monoisotopic (exact) mass is 476 g/mol. The van der Waals surface area contributed by atoms with Crippen LogP contribution in [0.15, 0.2) is 40.7 Å². The Bertz CT molecular complexity index is 1070. The lowest BCUT2D eigenvalue weighted by atomic mass is 9.99. The van der Waals surface area contributed by atoms with E-state index in [2.05, 4.69) is 10.4 Å². The first-order valence-corrected chi connectivity index (χ1v) is 11.4. The largest absolute Gasteiger partial charge is 0.458 e. The number of aliphatic imine (C=N–C) groups is 1. The molecule has 7 nitrogen and oxygen atoms in total. The van der Waals surface area contributed by atoms with Gasteiger partial charge in [-0.1, -0.05) is 29.3 Å². The highest BCUT2D eigenvalue weighted by Gasteiger charge is 2.41. The Morgan fingerprint density at radius 1 is 1.22 bits per heavy atom. The first-order chi connectivity index (χ1) is 15.1. The number of hydrogen-bond acceptors (Lipinski definition) is 6. The number of carbonyl (C=O) groups excluding carboxylic acids is 2. The lowest BCUT2D eigenvalue weighted by molar-refractivity contribution is -0.162. The van der Waals surface area contributed by atoms with Crippen molar-refractivity contribution in [1.82, 2.24) is 15.3 Å². The van der Waals surface area contributed by atoms with Gasteiger partial charge in [0.1, 0.15) is 17.5 Å². The van der Waals surface area contributed by atoms with Crippen LogP contribution in [0.1, 0.15) is 46.1 Å². The van der Waals surface area contributed by atoms with Crippen LogP contribution < -0.4 is 5.43 Å². The molecule has 1 amide bonds. The fourth-order valence-corrected chi connectivity index (χ4v) is 4.44. The van der Waals surface area contributed by atoms with Crippen molar-refractivity contribution < 1.29 is 14.3 Å². The molecule has 0 aromatic heterocycles. The third kappa shape index (κ3) is 4.29. The average molecular weight is 477 g/mol. The minimum atomic E-state index is -0.625. The highest BCUT2D eigenvalue weighted by Crippen LogP contribution is 2.37. The van der Waals surface area contributed by atoms with Gasteiger partial charge in [0.25, 0.3) is 5.91 Å². The second-order valence-corrected chi connectivity index (χ2v) is 9.81. The first kappa shape index (κ1) is 22.8. The van der Waals surface area contributed by atoms with Crippen LogP contribution in [-0.4, -0.2) is 52.2 Å². The van der Waals surface area contributed by atoms with Crippen LogP contribution in [0.2, 0.25) is 10.0 Å². The molecule has 1 aromatic carbocycles. The number of likely N-dealkylation sites (tertiary alicyclic amines) is 1. The summed E-state index contributed by atoms with van der Waals surface area (Å²) in [7, 11) is 0. The number of benzene rings is 1. The molecule has 3 aliphatic rings. The van der Waals surface area contributed by atoms with Gasteiger partial charge in [-0.25, -0.2) is 15.2 Å². The summed E-state index contributed by atoms with van der Waals surface area (Å²) >= 11 is 12.4. The van der Waals surface area contributed by atoms with Gasteiger partial charge < -0.3 is 9.64 Å². The molecule has 3 aliphatic heterocycles. The minimum Gasteiger partial charge on any atom is -0.458 e. The number of esters is 1. The number of ether oxygens (including phenoxy) is 1. The van der Waals surface area contributed by atoms with Crippen molar-refractivity contribution in [2.45, 2.75) is 52.2 Å². The van der Waals surface area contributed by atoms with Crippen LogP contribution in [0.3, 0.4) is 0 Å². The SMILES string of the molecule is CC1=NC2=CCNN2C(c2ccc(Cl)c(Cl)c2)=C1C(=O)N1CCC[C@H]1C(=O)OC(C)(C)C. The molecule has 0 unspecified atom stereocenters. The molecule has 1 N–H and O–H groups in total. The predicted molar refractivity (Wildman–Crippen MR) is 125 cm³/mol. The zero-order valence-corrected chi connectivity index (χ0v) is 20.0. The van der Waals surface area contributed by atoms with Crippen LogP contribution in [0, 0.1) is 0 Å². The second kappa shape index (κ2) is 8.54. The van der Waals surface area contributed by atoms with E-state index in [0.29, 0.717) is 52.4 Å². The number of hydrazine groups is 1. The molecule has 9 heteroatoms. The van der Waals surface area contributed by atoms with Crippen molar-refractivity contribution in [2.75, 3.05) is 13.1 Å². The highest BCUT2D eigenvalue weighted by molar-refractivity contribution is 6.42. The number of nitrogens with zero attached hydrogens (tertiary/aromatic N) is 3. The molecule has 3 heterocycles. The van der Waals surface area contributed by atoms with Crippen molar-refractivity contribution in [2.24, 2.45) is 4.99 Å². The van der Waals surface area contributed by atoms with Gasteiger partial charge >= 0.3 is 5.97 Å². The number of rotatable bonds is 3. The van der Waals surface area contributed by atoms with E-state index in [1.807, 2.05) is 32.9 Å². The van der Waals surface area contributed by atoms with E-state index >= 15 is 0 Å². The molecule has 1 saturated heterocycles. The van der Waals surface area contributed by atoms with Gasteiger partial charge in [-0.3, -0.25) is 9.80 Å². The number of fused-ring (bicyclic) bond motifs is 1. The lowest BCUT2D eigenvalue weighted by Crippen LogP contribution is -2.46. The number of amides is 1. The fourth-order valence-electron chi connectivity index (χ4n) is 4.14. The van der Waals surface area contributed by atoms with Crippen molar-refractivity contribution >= 4 is 46.5 Å². The average Bonchev–Trinajstić information content (AvgIpc) is 3.36. The quantitative estimate of drug-likeness (QED) is 0.662. The number of hydrogen-bond donors (Lipinski definition) is 1. The van der Waals surface area contributed by atoms with Gasteiger partial charge in [-0.2, -0.15) is 0 Å². The predicted octanol–water partition coefficient (Wildman–Crippen LogP) is 4.17. The van der Waals surface area contributed by atoms with Crippen LogP contribution in [0.25, 0.3) is 5.70 Å². The summed E-state index contributed by atoms with van der Waals surface area (Å²) in [5.74, 6) is 0.0731. The topological polar surface area (TPSA) is 74.2 Å². The van der Waals surface area contributed by atoms with E-state index in [4.69, 9.17) is 27.9 Å². The van der Waals surface area contributed by atoms with Gasteiger partial charge in [0.05, 0.1) is 27.0 Å². The molecule has 0 bridgehead atoms. The highest BCUT2D eigenvalue weighted by atomic mass is 35.5. The van der Waals surface area contributed by atoms with Crippen molar-refractivity contribution in [3.8, 4) is 0 Å². The standard InChI is InChI=1S/C23H26Cl2N4O3/c1-13-19(21(30)28-11-5-6-17(28)22(31)32-23(2,3)4)20(29-18(27-13)9-10-26-29)14-7-8-15(24)16(25)12-14/h7-9,12,17,26H,5-6,10-11H2,1-4H3/t17-/m0/s1. The molecular weight excluding hydrogens is 451 g/mol. The van der Waals surface area contributed by atoms with Crippen molar-refractivity contribution in [1.29, 1.82) is 0 Å². The fraction of sp³-hybridized carbons (Fsp3) is 0.435. The van der Waals surface area contributed by atoms with Crippen LogP contribution in [-0.2, 0) is 14.3 Å². The van der Waals surface area contributed by atoms with E-state index in [-0.39, 0.29) is 11.9 Å². The van der Waals surface area contributed by atoms with Gasteiger partial charge in [0.15, 0.2) is 0 Å². The minimum absolute atomic E-state index is 0.256. The van der Waals surface area contributed by atoms with E-state index < -0.39 is 11.6 Å². The van der Waals surface area contributed by atoms with Gasteiger partial charge in [-0.15, -0.1) is 0 Å². The Balaban J connectivity index is 1.78. The molecule has 0 saturated carbocycles. The summed E-state index contributed by atoms with van der Waals surface area (Å²) in [5, 5.41) is 2.61. The Hall–Kier alpha value is -2.35. The van der Waals surface area contributed by atoms with Gasteiger partial charge in [0.2, 0.25) is 0 Å². The second-order valence-electron chi connectivity index (χ2n) is 9.00. The number of carbonyl (C=O) groups is 2. The summed E-state index contributed by atoms with van der Waals surface area (Å²) in [6, 6.07) is 4.63. The van der Waals surface area contributed by atoms with Crippen LogP contribution >= 0.6 is 23.2 Å². The molecule has 0 radical (unpaired) electrons. The summed E-state index contributed by atoms with van der Waals surface area (Å²) in [6.45, 7) is 8.33. The molecule has 32 heavy (non-hydrogen) atoms. The summed E-state index contributed by atoms with van der Waals surface area (Å²) in [6.07, 6.45) is 3.25. The number of halogens is 2. The van der Waals surface area contributed by atoms with Gasteiger partial charge in [0, 0.05) is 18.7 Å².